The summed E-state index contributed by atoms with van der Waals surface area (Å²) in [4.78, 5) is 12.0. The fourth-order valence-corrected chi connectivity index (χ4v) is 5.12. The van der Waals surface area contributed by atoms with Gasteiger partial charge in [-0.05, 0) is 31.7 Å². The van der Waals surface area contributed by atoms with Crippen molar-refractivity contribution in [2.45, 2.75) is 37.0 Å². The lowest BCUT2D eigenvalue weighted by Crippen LogP contribution is -2.44. The van der Waals surface area contributed by atoms with E-state index in [9.17, 15) is 13.5 Å². The molecule has 0 radical (unpaired) electrons. The molecule has 2 aromatic rings. The van der Waals surface area contributed by atoms with Gasteiger partial charge < -0.3 is 20.6 Å². The molecular formula is C18H22N6O4S. The monoisotopic (exact) mass is 418 g/mol. The van der Waals surface area contributed by atoms with E-state index in [1.165, 1.54) is 18.6 Å². The first-order valence-electron chi connectivity index (χ1n) is 9.41. The third kappa shape index (κ3) is 4.30. The van der Waals surface area contributed by atoms with Gasteiger partial charge in [0.05, 0.1) is 28.6 Å². The molecule has 2 aromatic heterocycles. The van der Waals surface area contributed by atoms with Crippen LogP contribution in [0.1, 0.15) is 25.7 Å². The summed E-state index contributed by atoms with van der Waals surface area (Å²) in [6, 6.07) is 1.58. The Morgan fingerprint density at radius 1 is 1.28 bits per heavy atom. The third-order valence-electron chi connectivity index (χ3n) is 5.03. The summed E-state index contributed by atoms with van der Waals surface area (Å²) in [6.45, 7) is 0.972. The lowest BCUT2D eigenvalue weighted by Gasteiger charge is -2.31. The minimum atomic E-state index is -3.13. The number of pyridine rings is 1. The molecule has 29 heavy (non-hydrogen) atoms. The maximum atomic E-state index is 12.3. The molecule has 3 heterocycles. The molecule has 154 valence electrons. The van der Waals surface area contributed by atoms with E-state index in [0.29, 0.717) is 36.8 Å². The second kappa shape index (κ2) is 7.91. The van der Waals surface area contributed by atoms with E-state index < -0.39 is 10.0 Å². The number of nitrogens with zero attached hydrogens (tertiary/aromatic N) is 4. The molecule has 0 unspecified atom stereocenters. The number of aromatic hydroxyl groups is 1. The summed E-state index contributed by atoms with van der Waals surface area (Å²) >= 11 is 0. The number of hydrogen-bond donors (Lipinski definition) is 3. The smallest absolute Gasteiger partial charge is 0.326 e. The molecule has 0 spiro atoms. The van der Waals surface area contributed by atoms with E-state index in [-0.39, 0.29) is 28.9 Å². The SMILES string of the molecule is N=C/C(=C\NC1CCN(S(=O)(=O)C2CC2)CC1)Oc1nc(O)c2ccncc2n1. The van der Waals surface area contributed by atoms with Crippen LogP contribution in [0.5, 0.6) is 11.9 Å². The van der Waals surface area contributed by atoms with Crippen molar-refractivity contribution in [2.75, 3.05) is 13.1 Å². The van der Waals surface area contributed by atoms with Crippen LogP contribution in [0.25, 0.3) is 10.9 Å². The lowest BCUT2D eigenvalue weighted by atomic mass is 10.1. The van der Waals surface area contributed by atoms with Gasteiger partial charge in [0.25, 0.3) is 0 Å². The van der Waals surface area contributed by atoms with Gasteiger partial charge in [0.1, 0.15) is 0 Å². The fraction of sp³-hybridized carbons (Fsp3) is 0.444. The normalized spacial score (nSPS) is 19.2. The second-order valence-electron chi connectivity index (χ2n) is 7.10. The van der Waals surface area contributed by atoms with Gasteiger partial charge in [0.2, 0.25) is 15.9 Å². The predicted octanol–water partition coefficient (Wildman–Crippen LogP) is 1.15. The molecule has 2 fully saturated rings. The van der Waals surface area contributed by atoms with Gasteiger partial charge in [-0.25, -0.2) is 12.7 Å². The molecule has 1 saturated carbocycles. The standard InChI is InChI=1S/C18H22N6O4S/c19-9-13(28-18-22-16-11-20-6-3-15(16)17(25)23-18)10-21-12-4-7-24(8-5-12)29(26,27)14-1-2-14/h3,6,9-12,14,19,21H,1-2,4-5,7-8H2,(H,22,23,25)/b13-10+,19-9?. The van der Waals surface area contributed by atoms with Crippen LogP contribution in [0.3, 0.4) is 0 Å². The van der Waals surface area contributed by atoms with Crippen LogP contribution in [0.15, 0.2) is 30.4 Å². The zero-order chi connectivity index (χ0) is 20.4. The number of hydrogen-bond acceptors (Lipinski definition) is 9. The maximum absolute atomic E-state index is 12.3. The van der Waals surface area contributed by atoms with E-state index in [4.69, 9.17) is 10.1 Å². The van der Waals surface area contributed by atoms with Crippen molar-refractivity contribution in [2.24, 2.45) is 0 Å². The van der Waals surface area contributed by atoms with E-state index in [0.717, 1.165) is 19.1 Å². The Labute approximate surface area is 168 Å². The summed E-state index contributed by atoms with van der Waals surface area (Å²) in [5, 5.41) is 21.0. The van der Waals surface area contributed by atoms with Gasteiger partial charge in [0, 0.05) is 31.5 Å². The predicted molar refractivity (Wildman–Crippen MR) is 106 cm³/mol. The molecule has 11 heteroatoms. The number of allylic oxidation sites excluding steroid dienone is 1. The molecule has 0 bridgehead atoms. The number of ether oxygens (including phenoxy) is 1. The molecule has 1 aliphatic heterocycles. The Morgan fingerprint density at radius 3 is 2.72 bits per heavy atom. The summed E-state index contributed by atoms with van der Waals surface area (Å²) in [5.74, 6) is -0.0606. The highest BCUT2D eigenvalue weighted by molar-refractivity contribution is 7.90. The van der Waals surface area contributed by atoms with E-state index >= 15 is 0 Å². The average molecular weight is 418 g/mol. The summed E-state index contributed by atoms with van der Waals surface area (Å²) < 4.78 is 31.7. The number of fused-ring (bicyclic) bond motifs is 1. The number of rotatable bonds is 7. The number of piperidine rings is 1. The zero-order valence-electron chi connectivity index (χ0n) is 15.7. The quantitative estimate of drug-likeness (QED) is 0.449. The molecule has 0 aromatic carbocycles. The second-order valence-corrected chi connectivity index (χ2v) is 9.31. The van der Waals surface area contributed by atoms with Crippen molar-refractivity contribution >= 4 is 27.1 Å². The first-order chi connectivity index (χ1) is 14.0. The molecule has 3 N–H and O–H groups in total. The first kappa shape index (κ1) is 19.5. The summed E-state index contributed by atoms with van der Waals surface area (Å²) in [6.07, 6.45) is 8.44. The van der Waals surface area contributed by atoms with Gasteiger partial charge in [-0.3, -0.25) is 4.98 Å². The Kier molecular flexibility index (Phi) is 5.33. The van der Waals surface area contributed by atoms with E-state index in [1.54, 1.807) is 10.4 Å². The molecule has 0 atom stereocenters. The van der Waals surface area contributed by atoms with Crippen molar-refractivity contribution in [1.29, 1.82) is 5.41 Å². The van der Waals surface area contributed by atoms with Gasteiger partial charge in [-0.2, -0.15) is 9.97 Å². The largest absolute Gasteiger partial charge is 0.493 e. The van der Waals surface area contributed by atoms with Crippen molar-refractivity contribution in [3.8, 4) is 11.9 Å². The number of sulfonamides is 1. The highest BCUT2D eigenvalue weighted by Gasteiger charge is 2.41. The van der Waals surface area contributed by atoms with E-state index in [1.807, 2.05) is 0 Å². The van der Waals surface area contributed by atoms with Gasteiger partial charge in [-0.15, -0.1) is 0 Å². The van der Waals surface area contributed by atoms with Crippen molar-refractivity contribution in [3.05, 3.63) is 30.4 Å². The van der Waals surface area contributed by atoms with Crippen LogP contribution in [0, 0.1) is 5.41 Å². The highest BCUT2D eigenvalue weighted by Crippen LogP contribution is 2.32. The summed E-state index contributed by atoms with van der Waals surface area (Å²) in [7, 11) is -3.13. The van der Waals surface area contributed by atoms with Gasteiger partial charge in [-0.1, -0.05) is 0 Å². The number of nitrogens with one attached hydrogen (secondary N) is 2. The molecule has 1 saturated heterocycles. The molecule has 4 rings (SSSR count). The maximum Gasteiger partial charge on any atom is 0.326 e. The summed E-state index contributed by atoms with van der Waals surface area (Å²) in [5.41, 5.74) is 0.427. The highest BCUT2D eigenvalue weighted by atomic mass is 32.2. The lowest BCUT2D eigenvalue weighted by molar-refractivity contribution is 0.300. The van der Waals surface area contributed by atoms with Crippen molar-refractivity contribution < 1.29 is 18.3 Å². The molecular weight excluding hydrogens is 396 g/mol. The Balaban J connectivity index is 1.37. The van der Waals surface area contributed by atoms with Crippen LogP contribution in [-0.4, -0.2) is 63.4 Å². The average Bonchev–Trinajstić information content (AvgIpc) is 3.57. The Bertz CT molecular complexity index is 1050. The first-order valence-corrected chi connectivity index (χ1v) is 10.9. The van der Waals surface area contributed by atoms with Crippen molar-refractivity contribution in [1.82, 2.24) is 24.6 Å². The fourth-order valence-electron chi connectivity index (χ4n) is 3.25. The minimum absolute atomic E-state index is 0.0781. The van der Waals surface area contributed by atoms with Crippen LogP contribution in [-0.2, 0) is 10.0 Å². The molecule has 2 aliphatic rings. The number of aromatic nitrogens is 3. The van der Waals surface area contributed by atoms with Gasteiger partial charge >= 0.3 is 6.01 Å². The Morgan fingerprint density at radius 2 is 2.03 bits per heavy atom. The topological polar surface area (TPSA) is 141 Å². The van der Waals surface area contributed by atoms with E-state index in [2.05, 4.69) is 20.3 Å². The molecule has 10 nitrogen and oxygen atoms in total. The van der Waals surface area contributed by atoms with Gasteiger partial charge in [0.15, 0.2) is 5.76 Å². The Hall–Kier alpha value is -2.79. The molecule has 1 aliphatic carbocycles. The van der Waals surface area contributed by atoms with Crippen LogP contribution < -0.4 is 10.1 Å². The minimum Gasteiger partial charge on any atom is -0.493 e. The molecule has 0 amide bonds. The van der Waals surface area contributed by atoms with Crippen molar-refractivity contribution in [3.63, 3.8) is 0 Å². The van der Waals surface area contributed by atoms with Crippen LogP contribution >= 0.6 is 0 Å². The van der Waals surface area contributed by atoms with Crippen LogP contribution in [0.4, 0.5) is 0 Å². The van der Waals surface area contributed by atoms with Crippen LogP contribution in [0.2, 0.25) is 0 Å². The zero-order valence-corrected chi connectivity index (χ0v) is 16.5. The third-order valence-corrected chi connectivity index (χ3v) is 7.43.